The lowest BCUT2D eigenvalue weighted by Gasteiger charge is -2.28. The number of rotatable bonds is 1. The molecule has 2 rings (SSSR count). The molecule has 4 nitrogen and oxygen atoms in total. The number of anilines is 1. The monoisotopic (exact) mass is 246 g/mol. The number of urea groups is 1. The average molecular weight is 246 g/mol. The van der Waals surface area contributed by atoms with Gasteiger partial charge in [-0.05, 0) is 23.1 Å². The van der Waals surface area contributed by atoms with Gasteiger partial charge in [-0.25, -0.2) is 4.79 Å². The van der Waals surface area contributed by atoms with Crippen molar-refractivity contribution in [3.63, 3.8) is 0 Å². The number of carbonyl (C=O) groups excluding carboxylic acids is 2. The summed E-state index contributed by atoms with van der Waals surface area (Å²) in [6.45, 7) is 6.84. The van der Waals surface area contributed by atoms with Crippen LogP contribution in [-0.2, 0) is 10.2 Å². The maximum Gasteiger partial charge on any atom is 0.328 e. The summed E-state index contributed by atoms with van der Waals surface area (Å²) in [4.78, 5) is 24.5. The molecular formula is C14H18N2O2. The van der Waals surface area contributed by atoms with Crippen LogP contribution in [0.4, 0.5) is 10.5 Å². The van der Waals surface area contributed by atoms with Crippen LogP contribution in [0.3, 0.4) is 0 Å². The molecule has 0 spiro atoms. The fourth-order valence-corrected chi connectivity index (χ4v) is 1.95. The zero-order valence-electron chi connectivity index (χ0n) is 11.0. The first kappa shape index (κ1) is 12.6. The van der Waals surface area contributed by atoms with Crippen LogP contribution in [-0.4, -0.2) is 18.5 Å². The minimum Gasteiger partial charge on any atom is -0.294 e. The van der Waals surface area contributed by atoms with E-state index >= 15 is 0 Å². The summed E-state index contributed by atoms with van der Waals surface area (Å²) < 4.78 is 0. The Hall–Kier alpha value is -1.84. The van der Waals surface area contributed by atoms with Crippen molar-refractivity contribution in [2.75, 3.05) is 11.4 Å². The number of amides is 3. The Morgan fingerprint density at radius 1 is 1.22 bits per heavy atom. The minimum absolute atomic E-state index is 0.0398. The predicted octanol–water partition coefficient (Wildman–Crippen LogP) is 2.43. The number of imide groups is 1. The molecule has 96 valence electrons. The van der Waals surface area contributed by atoms with Crippen molar-refractivity contribution >= 4 is 17.6 Å². The third-order valence-electron chi connectivity index (χ3n) is 3.08. The molecule has 0 radical (unpaired) electrons. The Labute approximate surface area is 107 Å². The molecule has 3 amide bonds. The second-order valence-corrected chi connectivity index (χ2v) is 5.56. The first-order valence-corrected chi connectivity index (χ1v) is 6.10. The van der Waals surface area contributed by atoms with Crippen LogP contribution in [0.25, 0.3) is 0 Å². The van der Waals surface area contributed by atoms with Gasteiger partial charge in [-0.15, -0.1) is 0 Å². The van der Waals surface area contributed by atoms with Crippen molar-refractivity contribution in [3.8, 4) is 0 Å². The van der Waals surface area contributed by atoms with Gasteiger partial charge in [-0.2, -0.15) is 0 Å². The molecule has 1 aromatic rings. The second kappa shape index (κ2) is 4.44. The second-order valence-electron chi connectivity index (χ2n) is 5.56. The molecule has 1 fully saturated rings. The van der Waals surface area contributed by atoms with Gasteiger partial charge in [0.25, 0.3) is 0 Å². The summed E-state index contributed by atoms with van der Waals surface area (Å²) in [6.07, 6.45) is 0.353. The molecule has 0 saturated carbocycles. The summed E-state index contributed by atoms with van der Waals surface area (Å²) >= 11 is 0. The molecule has 0 atom stereocenters. The van der Waals surface area contributed by atoms with E-state index in [1.807, 2.05) is 18.2 Å². The third kappa shape index (κ3) is 2.53. The van der Waals surface area contributed by atoms with Gasteiger partial charge in [-0.3, -0.25) is 15.0 Å². The molecule has 0 unspecified atom stereocenters. The molecule has 18 heavy (non-hydrogen) atoms. The molecule has 0 aliphatic carbocycles. The zero-order chi connectivity index (χ0) is 13.3. The molecule has 1 saturated heterocycles. The highest BCUT2D eigenvalue weighted by Gasteiger charge is 2.25. The highest BCUT2D eigenvalue weighted by Crippen LogP contribution is 2.27. The van der Waals surface area contributed by atoms with E-state index in [4.69, 9.17) is 0 Å². The van der Waals surface area contributed by atoms with Gasteiger partial charge in [-0.1, -0.05) is 32.9 Å². The molecule has 1 heterocycles. The number of nitrogens with one attached hydrogen (secondary N) is 1. The minimum atomic E-state index is -0.336. The highest BCUT2D eigenvalue weighted by atomic mass is 16.2. The van der Waals surface area contributed by atoms with Gasteiger partial charge < -0.3 is 0 Å². The summed E-state index contributed by atoms with van der Waals surface area (Å²) in [7, 11) is 0. The Balaban J connectivity index is 2.29. The van der Waals surface area contributed by atoms with Crippen molar-refractivity contribution in [1.82, 2.24) is 5.32 Å². The maximum absolute atomic E-state index is 11.8. The lowest BCUT2D eigenvalue weighted by molar-refractivity contribution is -0.120. The van der Waals surface area contributed by atoms with Crippen molar-refractivity contribution in [1.29, 1.82) is 0 Å². The summed E-state index contributed by atoms with van der Waals surface area (Å²) in [5.74, 6) is -0.205. The fourth-order valence-electron chi connectivity index (χ4n) is 1.95. The normalized spacial score (nSPS) is 16.7. The van der Waals surface area contributed by atoms with Crippen LogP contribution in [0.15, 0.2) is 24.3 Å². The van der Waals surface area contributed by atoms with Gasteiger partial charge in [0.05, 0.1) is 0 Å². The zero-order valence-corrected chi connectivity index (χ0v) is 11.0. The Bertz CT molecular complexity index is 489. The number of carbonyl (C=O) groups is 2. The molecule has 0 aromatic heterocycles. The summed E-state index contributed by atoms with van der Waals surface area (Å²) in [5, 5.41) is 2.33. The largest absolute Gasteiger partial charge is 0.328 e. The lowest BCUT2D eigenvalue weighted by atomic mass is 9.87. The van der Waals surface area contributed by atoms with Gasteiger partial charge in [0, 0.05) is 18.7 Å². The van der Waals surface area contributed by atoms with Crippen LogP contribution in [0.2, 0.25) is 0 Å². The lowest BCUT2D eigenvalue weighted by Crippen LogP contribution is -2.49. The summed E-state index contributed by atoms with van der Waals surface area (Å²) in [6, 6.07) is 7.56. The van der Waals surface area contributed by atoms with Crippen molar-refractivity contribution < 1.29 is 9.59 Å². The van der Waals surface area contributed by atoms with Gasteiger partial charge >= 0.3 is 6.03 Å². The molecule has 4 heteroatoms. The van der Waals surface area contributed by atoms with E-state index in [-0.39, 0.29) is 17.4 Å². The summed E-state index contributed by atoms with van der Waals surface area (Å²) in [5.41, 5.74) is 2.05. The quantitative estimate of drug-likeness (QED) is 0.827. The number of nitrogens with zero attached hydrogens (tertiary/aromatic N) is 1. The number of hydrogen-bond donors (Lipinski definition) is 1. The van der Waals surface area contributed by atoms with E-state index in [0.717, 1.165) is 5.69 Å². The highest BCUT2D eigenvalue weighted by molar-refractivity contribution is 6.05. The van der Waals surface area contributed by atoms with Crippen LogP contribution in [0.5, 0.6) is 0 Å². The topological polar surface area (TPSA) is 49.4 Å². The van der Waals surface area contributed by atoms with E-state index in [2.05, 4.69) is 32.2 Å². The van der Waals surface area contributed by atoms with Crippen LogP contribution < -0.4 is 10.2 Å². The SMILES string of the molecule is CC(C)(C)c1cccc(N2CCC(=O)NC2=O)c1. The van der Waals surface area contributed by atoms with Crippen molar-refractivity contribution in [3.05, 3.63) is 29.8 Å². The first-order chi connectivity index (χ1) is 8.38. The van der Waals surface area contributed by atoms with Crippen LogP contribution >= 0.6 is 0 Å². The van der Waals surface area contributed by atoms with Crippen molar-refractivity contribution in [2.24, 2.45) is 0 Å². The molecule has 1 aliphatic rings. The smallest absolute Gasteiger partial charge is 0.294 e. The van der Waals surface area contributed by atoms with Gasteiger partial charge in [0.1, 0.15) is 0 Å². The van der Waals surface area contributed by atoms with E-state index < -0.39 is 0 Å². The van der Waals surface area contributed by atoms with Gasteiger partial charge in [0.2, 0.25) is 5.91 Å². The number of hydrogen-bond acceptors (Lipinski definition) is 2. The molecule has 0 bridgehead atoms. The third-order valence-corrected chi connectivity index (χ3v) is 3.08. The van der Waals surface area contributed by atoms with Gasteiger partial charge in [0.15, 0.2) is 0 Å². The van der Waals surface area contributed by atoms with Crippen LogP contribution in [0, 0.1) is 0 Å². The Morgan fingerprint density at radius 3 is 2.56 bits per heavy atom. The average Bonchev–Trinajstić information content (AvgIpc) is 2.28. The number of benzene rings is 1. The molecular weight excluding hydrogens is 228 g/mol. The Morgan fingerprint density at radius 2 is 1.94 bits per heavy atom. The molecule has 1 aliphatic heterocycles. The van der Waals surface area contributed by atoms with Crippen LogP contribution in [0.1, 0.15) is 32.8 Å². The van der Waals surface area contributed by atoms with E-state index in [1.54, 1.807) is 4.90 Å². The van der Waals surface area contributed by atoms with E-state index in [1.165, 1.54) is 5.56 Å². The maximum atomic E-state index is 11.8. The van der Waals surface area contributed by atoms with E-state index in [9.17, 15) is 9.59 Å². The Kier molecular flexibility index (Phi) is 3.11. The van der Waals surface area contributed by atoms with E-state index in [0.29, 0.717) is 13.0 Å². The first-order valence-electron chi connectivity index (χ1n) is 6.10. The fraction of sp³-hybridized carbons (Fsp3) is 0.429. The molecule has 1 N–H and O–H groups in total. The molecule has 1 aromatic carbocycles. The standard InChI is InChI=1S/C14H18N2O2/c1-14(2,3)10-5-4-6-11(9-10)16-8-7-12(17)15-13(16)18/h4-6,9H,7-8H2,1-3H3,(H,15,17,18). The van der Waals surface area contributed by atoms with Crippen molar-refractivity contribution in [2.45, 2.75) is 32.6 Å². The predicted molar refractivity (Wildman–Crippen MR) is 70.6 cm³/mol.